The number of amides is 2. The third-order valence-corrected chi connectivity index (χ3v) is 4.28. The van der Waals surface area contributed by atoms with Gasteiger partial charge in [-0.1, -0.05) is 46.4 Å². The minimum absolute atomic E-state index is 0.0410. The Morgan fingerprint density at radius 3 is 2.16 bits per heavy atom. The van der Waals surface area contributed by atoms with Crippen molar-refractivity contribution in [2.45, 2.75) is 53.6 Å². The van der Waals surface area contributed by atoms with E-state index in [1.54, 1.807) is 13.8 Å². The summed E-state index contributed by atoms with van der Waals surface area (Å²) in [6.45, 7) is 9.30. The number of carbonyl (C=O) groups excluding carboxylic acids is 3. The topological polar surface area (TPSA) is 116 Å². The fourth-order valence-corrected chi connectivity index (χ4v) is 2.73. The zero-order valence-corrected chi connectivity index (χ0v) is 16.7. The van der Waals surface area contributed by atoms with E-state index in [1.807, 2.05) is 20.8 Å². The molecule has 0 bridgehead atoms. The molecule has 7 nitrogen and oxygen atoms in total. The highest BCUT2D eigenvalue weighted by Crippen LogP contribution is 2.22. The predicted octanol–water partition coefficient (Wildman–Crippen LogP) is 0.684. The monoisotopic (exact) mass is 376 g/mol. The first-order chi connectivity index (χ1) is 11.4. The maximum absolute atomic E-state index is 11.7. The van der Waals surface area contributed by atoms with Crippen LogP contribution in [0.2, 0.25) is 0 Å². The lowest BCUT2D eigenvalue weighted by Crippen LogP contribution is -2.46. The van der Waals surface area contributed by atoms with E-state index in [4.69, 9.17) is 5.11 Å². The molecule has 4 N–H and O–H groups in total. The normalized spacial score (nSPS) is 13.2. The molecule has 1 atom stereocenters. The molecule has 0 fully saturated rings. The fourth-order valence-electron chi connectivity index (χ4n) is 1.77. The molecule has 25 heavy (non-hydrogen) atoms. The lowest BCUT2D eigenvalue weighted by molar-refractivity contribution is -0.137. The summed E-state index contributed by atoms with van der Waals surface area (Å²) in [5.74, 6) is -0.341. The van der Waals surface area contributed by atoms with Crippen molar-refractivity contribution in [3.05, 3.63) is 0 Å². The first-order valence-electron chi connectivity index (χ1n) is 8.38. The van der Waals surface area contributed by atoms with Gasteiger partial charge in [-0.25, -0.2) is 0 Å². The molecule has 0 aromatic carbocycles. The molecule has 0 aromatic rings. The second kappa shape index (κ2) is 10.8. The van der Waals surface area contributed by atoms with Crippen LogP contribution in [0.5, 0.6) is 0 Å². The fraction of sp³-hybridized carbons (Fsp3) is 0.824. The van der Waals surface area contributed by atoms with Gasteiger partial charge in [-0.05, 0) is 5.41 Å². The van der Waals surface area contributed by atoms with Gasteiger partial charge in [0.05, 0.1) is 6.61 Å². The van der Waals surface area contributed by atoms with Gasteiger partial charge in [0.15, 0.2) is 5.12 Å². The van der Waals surface area contributed by atoms with Crippen molar-refractivity contribution in [3.8, 4) is 0 Å². The maximum atomic E-state index is 11.7. The largest absolute Gasteiger partial charge is 0.396 e. The number of thioether (sulfide) groups is 1. The lowest BCUT2D eigenvalue weighted by Gasteiger charge is -2.27. The highest BCUT2D eigenvalue weighted by atomic mass is 32.2. The smallest absolute Gasteiger partial charge is 0.249 e. The lowest BCUT2D eigenvalue weighted by atomic mass is 9.87. The van der Waals surface area contributed by atoms with Gasteiger partial charge in [0, 0.05) is 37.1 Å². The van der Waals surface area contributed by atoms with E-state index < -0.39 is 17.4 Å². The predicted molar refractivity (Wildman–Crippen MR) is 99.0 cm³/mol. The van der Waals surface area contributed by atoms with Crippen molar-refractivity contribution >= 4 is 28.7 Å². The standard InChI is InChI=1S/C17H32N2O5S/c1-16(2,3)10-13(22)25-9-8-18-12(21)6-7-19-15(24)14(23)17(4,5)11-20/h14,20,23H,6-11H2,1-5H3,(H,18,21)(H,19,24)/t14-/m0/s1. The SMILES string of the molecule is CC(C)(C)CC(=O)SCCNC(=O)CCNC(=O)[C@H](O)C(C)(C)CO. The zero-order chi connectivity index (χ0) is 19.7. The molecule has 2 amide bonds. The Bertz CT molecular complexity index is 460. The van der Waals surface area contributed by atoms with Gasteiger partial charge < -0.3 is 20.8 Å². The van der Waals surface area contributed by atoms with Crippen LogP contribution < -0.4 is 10.6 Å². The van der Waals surface area contributed by atoms with E-state index in [9.17, 15) is 19.5 Å². The molecule has 0 saturated carbocycles. The van der Waals surface area contributed by atoms with Crippen LogP contribution in [-0.4, -0.2) is 58.7 Å². The number of carbonyl (C=O) groups is 3. The Kier molecular flexibility index (Phi) is 10.3. The van der Waals surface area contributed by atoms with Gasteiger partial charge in [0.2, 0.25) is 11.8 Å². The van der Waals surface area contributed by atoms with E-state index in [-0.39, 0.29) is 36.0 Å². The van der Waals surface area contributed by atoms with Crippen LogP contribution in [0, 0.1) is 10.8 Å². The number of hydrogen-bond acceptors (Lipinski definition) is 6. The van der Waals surface area contributed by atoms with Crippen LogP contribution in [0.25, 0.3) is 0 Å². The second-order valence-electron chi connectivity index (χ2n) is 7.90. The summed E-state index contributed by atoms with van der Waals surface area (Å²) in [4.78, 5) is 35.1. The summed E-state index contributed by atoms with van der Waals surface area (Å²) >= 11 is 1.20. The molecule has 146 valence electrons. The molecule has 0 spiro atoms. The molecule has 8 heteroatoms. The summed E-state index contributed by atoms with van der Waals surface area (Å²) < 4.78 is 0. The van der Waals surface area contributed by atoms with Gasteiger partial charge in [0.1, 0.15) is 6.10 Å². The molecular weight excluding hydrogens is 344 g/mol. The van der Waals surface area contributed by atoms with E-state index in [2.05, 4.69) is 10.6 Å². The van der Waals surface area contributed by atoms with Crippen molar-refractivity contribution in [2.75, 3.05) is 25.4 Å². The van der Waals surface area contributed by atoms with E-state index >= 15 is 0 Å². The molecule has 0 aliphatic heterocycles. The molecule has 0 rings (SSSR count). The number of nitrogens with one attached hydrogen (secondary N) is 2. The number of aliphatic hydroxyl groups is 2. The number of rotatable bonds is 10. The molecule has 0 saturated heterocycles. The van der Waals surface area contributed by atoms with Gasteiger partial charge in [-0.3, -0.25) is 14.4 Å². The Balaban J connectivity index is 3.88. The van der Waals surface area contributed by atoms with E-state index in [1.165, 1.54) is 11.8 Å². The van der Waals surface area contributed by atoms with Crippen molar-refractivity contribution in [1.82, 2.24) is 10.6 Å². The van der Waals surface area contributed by atoms with E-state index in [0.717, 1.165) is 0 Å². The second-order valence-corrected chi connectivity index (χ2v) is 9.05. The van der Waals surface area contributed by atoms with Crippen LogP contribution in [0.1, 0.15) is 47.5 Å². The van der Waals surface area contributed by atoms with Gasteiger partial charge in [-0.15, -0.1) is 0 Å². The van der Waals surface area contributed by atoms with Crippen molar-refractivity contribution < 1.29 is 24.6 Å². The van der Waals surface area contributed by atoms with Crippen molar-refractivity contribution in [1.29, 1.82) is 0 Å². The molecule has 0 aliphatic rings. The maximum Gasteiger partial charge on any atom is 0.249 e. The Morgan fingerprint density at radius 2 is 1.64 bits per heavy atom. The molecule has 0 heterocycles. The zero-order valence-electron chi connectivity index (χ0n) is 15.8. The highest BCUT2D eigenvalue weighted by Gasteiger charge is 2.32. The van der Waals surface area contributed by atoms with Gasteiger partial charge in [-0.2, -0.15) is 0 Å². The quantitative estimate of drug-likeness (QED) is 0.417. The summed E-state index contributed by atoms with van der Waals surface area (Å²) in [5.41, 5.74) is -0.982. The van der Waals surface area contributed by atoms with Crippen LogP contribution in [0.15, 0.2) is 0 Å². The molecule has 0 aromatic heterocycles. The van der Waals surface area contributed by atoms with Gasteiger partial charge in [0.25, 0.3) is 0 Å². The van der Waals surface area contributed by atoms with Gasteiger partial charge >= 0.3 is 0 Å². The summed E-state index contributed by atoms with van der Waals surface area (Å²) in [5, 5.41) is 24.2. The number of hydrogen-bond donors (Lipinski definition) is 4. The van der Waals surface area contributed by atoms with Crippen molar-refractivity contribution in [2.24, 2.45) is 10.8 Å². The molecule has 0 unspecified atom stereocenters. The number of aliphatic hydroxyl groups excluding tert-OH is 2. The molecular formula is C17H32N2O5S. The minimum atomic E-state index is -1.34. The van der Waals surface area contributed by atoms with Crippen molar-refractivity contribution in [3.63, 3.8) is 0 Å². The third kappa shape index (κ3) is 11.2. The highest BCUT2D eigenvalue weighted by molar-refractivity contribution is 8.13. The van der Waals surface area contributed by atoms with Crippen LogP contribution >= 0.6 is 11.8 Å². The summed E-state index contributed by atoms with van der Waals surface area (Å²) in [6, 6.07) is 0. The molecule has 0 aliphatic carbocycles. The first kappa shape index (κ1) is 23.9. The first-order valence-corrected chi connectivity index (χ1v) is 9.36. The Morgan fingerprint density at radius 1 is 1.04 bits per heavy atom. The average Bonchev–Trinajstić information content (AvgIpc) is 2.48. The van der Waals surface area contributed by atoms with E-state index in [0.29, 0.717) is 18.7 Å². The molecule has 0 radical (unpaired) electrons. The Hall–Kier alpha value is -1.12. The third-order valence-electron chi connectivity index (χ3n) is 3.41. The summed E-state index contributed by atoms with van der Waals surface area (Å²) in [6.07, 6.45) is -0.770. The summed E-state index contributed by atoms with van der Waals surface area (Å²) in [7, 11) is 0. The van der Waals surface area contributed by atoms with Crippen LogP contribution in [-0.2, 0) is 14.4 Å². The van der Waals surface area contributed by atoms with Crippen LogP contribution in [0.4, 0.5) is 0 Å². The Labute approximate surface area is 154 Å². The van der Waals surface area contributed by atoms with Crippen LogP contribution in [0.3, 0.4) is 0 Å². The average molecular weight is 377 g/mol. The minimum Gasteiger partial charge on any atom is -0.396 e.